The van der Waals surface area contributed by atoms with E-state index < -0.39 is 11.8 Å². The fourth-order valence-corrected chi connectivity index (χ4v) is 3.19. The van der Waals surface area contributed by atoms with Crippen LogP contribution in [0.1, 0.15) is 48.3 Å². The lowest BCUT2D eigenvalue weighted by molar-refractivity contribution is -0.143. The quantitative estimate of drug-likeness (QED) is 0.867. The molecule has 0 saturated heterocycles. The lowest BCUT2D eigenvalue weighted by Crippen LogP contribution is -2.38. The van der Waals surface area contributed by atoms with Crippen LogP contribution >= 0.6 is 11.3 Å². The first-order valence-corrected chi connectivity index (χ1v) is 8.08. The summed E-state index contributed by atoms with van der Waals surface area (Å²) >= 11 is 1.57. The molecule has 0 spiro atoms. The number of hydrogen-bond acceptors (Lipinski definition) is 6. The van der Waals surface area contributed by atoms with E-state index in [0.717, 1.165) is 15.6 Å². The summed E-state index contributed by atoms with van der Waals surface area (Å²) in [6.07, 6.45) is 1.32. The number of amides is 2. The molecule has 2 heterocycles. The lowest BCUT2D eigenvalue weighted by Gasteiger charge is -2.23. The van der Waals surface area contributed by atoms with Crippen LogP contribution in [0.5, 0.6) is 0 Å². The summed E-state index contributed by atoms with van der Waals surface area (Å²) in [5.41, 5.74) is 0.891. The molecule has 2 rings (SSSR count). The molecule has 0 bridgehead atoms. The number of anilines is 1. The van der Waals surface area contributed by atoms with Crippen LogP contribution < -0.4 is 5.32 Å². The number of carbonyl (C=O) groups excluding carboxylic acids is 2. The number of rotatable bonds is 4. The molecule has 0 aliphatic rings. The van der Waals surface area contributed by atoms with E-state index in [1.54, 1.807) is 18.4 Å². The van der Waals surface area contributed by atoms with Crippen LogP contribution in [0, 0.1) is 6.92 Å². The van der Waals surface area contributed by atoms with E-state index in [2.05, 4.69) is 33.8 Å². The van der Waals surface area contributed by atoms with Gasteiger partial charge in [0.25, 0.3) is 0 Å². The molecule has 23 heavy (non-hydrogen) atoms. The van der Waals surface area contributed by atoms with Gasteiger partial charge in [0.1, 0.15) is 6.26 Å². The van der Waals surface area contributed by atoms with Crippen molar-refractivity contribution >= 4 is 29.0 Å². The van der Waals surface area contributed by atoms with Crippen molar-refractivity contribution in [2.45, 2.75) is 39.7 Å². The molecule has 0 fully saturated rings. The second-order valence-corrected chi connectivity index (χ2v) is 6.65. The van der Waals surface area contributed by atoms with Gasteiger partial charge in [-0.05, 0) is 13.8 Å². The molecule has 2 aromatic heterocycles. The number of aryl methyl sites for hydroxylation is 1. The summed E-state index contributed by atoms with van der Waals surface area (Å²) in [6.45, 7) is 7.95. The first kappa shape index (κ1) is 17.1. The van der Waals surface area contributed by atoms with Gasteiger partial charge < -0.3 is 9.42 Å². The molecule has 0 aliphatic carbocycles. The maximum absolute atomic E-state index is 12.3. The minimum Gasteiger partial charge on any atom is -0.363 e. The van der Waals surface area contributed by atoms with Gasteiger partial charge in [-0.2, -0.15) is 0 Å². The highest BCUT2D eigenvalue weighted by molar-refractivity contribution is 7.11. The average molecular weight is 336 g/mol. The van der Waals surface area contributed by atoms with Crippen LogP contribution in [0.25, 0.3) is 0 Å². The Morgan fingerprint density at radius 1 is 1.35 bits per heavy atom. The third-order valence-corrected chi connectivity index (χ3v) is 5.13. The van der Waals surface area contributed by atoms with E-state index in [-0.39, 0.29) is 11.9 Å². The standard InChI is InChI=1S/C15H20N4O3S/c1-8(2)14-16-9(3)12(23-14)10(4)19(5)15(21)13(20)17-11-6-7-22-18-11/h6-8,10H,1-5H3,(H,17,18,20)/t10-/m1/s1. The fourth-order valence-electron chi connectivity index (χ4n) is 2.02. The van der Waals surface area contributed by atoms with E-state index in [9.17, 15) is 9.59 Å². The zero-order chi connectivity index (χ0) is 17.1. The van der Waals surface area contributed by atoms with Crippen LogP contribution in [-0.2, 0) is 9.59 Å². The Balaban J connectivity index is 2.10. The zero-order valence-electron chi connectivity index (χ0n) is 13.8. The Hall–Kier alpha value is -2.22. The normalized spacial score (nSPS) is 12.3. The zero-order valence-corrected chi connectivity index (χ0v) is 14.6. The molecule has 0 saturated carbocycles. The van der Waals surface area contributed by atoms with Crippen molar-refractivity contribution in [1.29, 1.82) is 0 Å². The highest BCUT2D eigenvalue weighted by Gasteiger charge is 2.27. The Labute approximate surface area is 138 Å². The number of nitrogens with zero attached hydrogens (tertiary/aromatic N) is 3. The lowest BCUT2D eigenvalue weighted by atomic mass is 10.2. The first-order chi connectivity index (χ1) is 10.8. The van der Waals surface area contributed by atoms with Gasteiger partial charge in [0.2, 0.25) is 0 Å². The molecule has 1 atom stereocenters. The van der Waals surface area contributed by atoms with Crippen molar-refractivity contribution < 1.29 is 14.1 Å². The van der Waals surface area contributed by atoms with E-state index in [1.807, 2.05) is 13.8 Å². The van der Waals surface area contributed by atoms with Crippen molar-refractivity contribution in [3.63, 3.8) is 0 Å². The molecule has 0 aliphatic heterocycles. The van der Waals surface area contributed by atoms with E-state index in [1.165, 1.54) is 17.2 Å². The summed E-state index contributed by atoms with van der Waals surface area (Å²) in [5.74, 6) is -0.851. The molecule has 124 valence electrons. The largest absolute Gasteiger partial charge is 0.363 e. The molecule has 0 radical (unpaired) electrons. The third-order valence-electron chi connectivity index (χ3n) is 3.50. The van der Waals surface area contributed by atoms with Gasteiger partial charge in [-0.3, -0.25) is 14.9 Å². The van der Waals surface area contributed by atoms with Gasteiger partial charge in [0.05, 0.1) is 16.7 Å². The van der Waals surface area contributed by atoms with Crippen molar-refractivity contribution in [3.05, 3.63) is 27.9 Å². The van der Waals surface area contributed by atoms with Gasteiger partial charge >= 0.3 is 11.8 Å². The SMILES string of the molecule is Cc1nc(C(C)C)sc1[C@@H](C)N(C)C(=O)C(=O)Nc1ccon1. The predicted molar refractivity (Wildman–Crippen MR) is 87.3 cm³/mol. The smallest absolute Gasteiger partial charge is 0.315 e. The Bertz CT molecular complexity index is 694. The second kappa shape index (κ2) is 6.91. The molecule has 0 unspecified atom stereocenters. The number of hydrogen-bond donors (Lipinski definition) is 1. The Kier molecular flexibility index (Phi) is 5.15. The Morgan fingerprint density at radius 2 is 2.04 bits per heavy atom. The van der Waals surface area contributed by atoms with Crippen molar-refractivity contribution in [2.24, 2.45) is 0 Å². The van der Waals surface area contributed by atoms with E-state index in [0.29, 0.717) is 5.92 Å². The summed E-state index contributed by atoms with van der Waals surface area (Å²) in [6, 6.07) is 1.23. The second-order valence-electron chi connectivity index (χ2n) is 5.59. The van der Waals surface area contributed by atoms with E-state index in [4.69, 9.17) is 0 Å². The van der Waals surface area contributed by atoms with Crippen molar-refractivity contribution in [1.82, 2.24) is 15.0 Å². The number of likely N-dealkylation sites (N-methyl/N-ethyl adjacent to an activating group) is 1. The van der Waals surface area contributed by atoms with Crippen molar-refractivity contribution in [3.8, 4) is 0 Å². The molecule has 0 aromatic carbocycles. The Morgan fingerprint density at radius 3 is 2.57 bits per heavy atom. The van der Waals surface area contributed by atoms with Crippen molar-refractivity contribution in [2.75, 3.05) is 12.4 Å². The van der Waals surface area contributed by atoms with Crippen LogP contribution in [0.3, 0.4) is 0 Å². The number of thiazole rings is 1. The molecule has 2 amide bonds. The number of nitrogens with one attached hydrogen (secondary N) is 1. The maximum Gasteiger partial charge on any atom is 0.315 e. The third kappa shape index (κ3) is 3.76. The minimum atomic E-state index is -0.750. The summed E-state index contributed by atoms with van der Waals surface area (Å²) in [5, 5.41) is 6.98. The van der Waals surface area contributed by atoms with Crippen LogP contribution in [0.4, 0.5) is 5.82 Å². The summed E-state index contributed by atoms with van der Waals surface area (Å²) in [4.78, 5) is 31.2. The number of carbonyl (C=O) groups is 2. The van der Waals surface area contributed by atoms with Gasteiger partial charge in [-0.25, -0.2) is 4.98 Å². The predicted octanol–water partition coefficient (Wildman–Crippen LogP) is 2.72. The monoisotopic (exact) mass is 336 g/mol. The van der Waals surface area contributed by atoms with Crippen LogP contribution in [-0.4, -0.2) is 33.9 Å². The van der Waals surface area contributed by atoms with Crippen LogP contribution in [0.15, 0.2) is 16.9 Å². The fraction of sp³-hybridized carbons (Fsp3) is 0.467. The summed E-state index contributed by atoms with van der Waals surface area (Å²) in [7, 11) is 1.60. The van der Waals surface area contributed by atoms with Gasteiger partial charge in [-0.1, -0.05) is 19.0 Å². The highest BCUT2D eigenvalue weighted by atomic mass is 32.1. The van der Waals surface area contributed by atoms with E-state index >= 15 is 0 Å². The minimum absolute atomic E-state index is 0.209. The van der Waals surface area contributed by atoms with Gasteiger partial charge in [0.15, 0.2) is 5.82 Å². The summed E-state index contributed by atoms with van der Waals surface area (Å²) < 4.78 is 4.62. The topological polar surface area (TPSA) is 88.3 Å². The number of aromatic nitrogens is 2. The maximum atomic E-state index is 12.3. The molecular formula is C15H20N4O3S. The molecular weight excluding hydrogens is 316 g/mol. The molecule has 1 N–H and O–H groups in total. The molecule has 8 heteroatoms. The van der Waals surface area contributed by atoms with Gasteiger partial charge in [-0.15, -0.1) is 11.3 Å². The van der Waals surface area contributed by atoms with Crippen LogP contribution in [0.2, 0.25) is 0 Å². The highest BCUT2D eigenvalue weighted by Crippen LogP contribution is 2.31. The average Bonchev–Trinajstić information content (AvgIpc) is 3.14. The van der Waals surface area contributed by atoms with Gasteiger partial charge in [0, 0.05) is 23.9 Å². The molecule has 2 aromatic rings. The first-order valence-electron chi connectivity index (χ1n) is 7.27. The molecule has 7 nitrogen and oxygen atoms in total.